The monoisotopic (exact) mass is 309 g/mol. The summed E-state index contributed by atoms with van der Waals surface area (Å²) in [6.07, 6.45) is 0. The average molecular weight is 311 g/mol. The van der Waals surface area contributed by atoms with E-state index in [1.807, 2.05) is 0 Å². The van der Waals surface area contributed by atoms with Crippen molar-refractivity contribution in [1.29, 1.82) is 0 Å². The molecule has 3 rings (SSSR count). The van der Waals surface area contributed by atoms with Gasteiger partial charge in [-0.15, -0.1) is 34.5 Å². The van der Waals surface area contributed by atoms with Crippen molar-refractivity contribution in [3.63, 3.8) is 0 Å². The molecule has 0 nitrogen and oxygen atoms in total. The molecule has 0 atom stereocenters. The molecule has 0 aliphatic rings. The van der Waals surface area contributed by atoms with Crippen molar-refractivity contribution in [3.05, 3.63) is 65.7 Å². The molecule has 0 aromatic heterocycles. The van der Waals surface area contributed by atoms with Crippen LogP contribution in [0, 0.1) is 13.8 Å². The fourth-order valence-corrected chi connectivity index (χ4v) is 2.46. The van der Waals surface area contributed by atoms with Gasteiger partial charge in [-0.2, -0.15) is 0 Å². The molecule has 18 heavy (non-hydrogen) atoms. The Hall–Kier alpha value is -1.07. The molecule has 0 aliphatic heterocycles. The molecule has 0 aliphatic carbocycles. The van der Waals surface area contributed by atoms with Crippen molar-refractivity contribution in [2.24, 2.45) is 0 Å². The minimum atomic E-state index is 0. The van der Waals surface area contributed by atoms with E-state index in [9.17, 15) is 0 Å². The first kappa shape index (κ1) is 13.4. The molecule has 0 spiro atoms. The van der Waals surface area contributed by atoms with E-state index in [2.05, 4.69) is 68.4 Å². The second-order valence-electron chi connectivity index (χ2n) is 4.75. The van der Waals surface area contributed by atoms with Gasteiger partial charge in [0.2, 0.25) is 0 Å². The molecule has 3 aromatic carbocycles. The SMILES string of the molecule is Cc1cc(C)cc(-c2cc3ccccc3[cH-]2)c1.[Zr]. The van der Waals surface area contributed by atoms with Gasteiger partial charge in [-0.25, -0.2) is 0 Å². The zero-order valence-electron chi connectivity index (χ0n) is 10.7. The van der Waals surface area contributed by atoms with Crippen molar-refractivity contribution in [1.82, 2.24) is 0 Å². The van der Waals surface area contributed by atoms with Crippen LogP contribution in [0.1, 0.15) is 11.1 Å². The minimum absolute atomic E-state index is 0. The molecule has 0 N–H and O–H groups in total. The van der Waals surface area contributed by atoms with E-state index in [-0.39, 0.29) is 26.2 Å². The molecule has 0 unspecified atom stereocenters. The summed E-state index contributed by atoms with van der Waals surface area (Å²) in [6, 6.07) is 19.8. The van der Waals surface area contributed by atoms with Crippen LogP contribution in [-0.2, 0) is 26.2 Å². The summed E-state index contributed by atoms with van der Waals surface area (Å²) < 4.78 is 0. The van der Waals surface area contributed by atoms with Gasteiger partial charge in [0.15, 0.2) is 0 Å². The second kappa shape index (κ2) is 5.28. The molecular weight excluding hydrogens is 295 g/mol. The van der Waals surface area contributed by atoms with E-state index < -0.39 is 0 Å². The number of hydrogen-bond acceptors (Lipinski definition) is 0. The molecule has 0 saturated carbocycles. The van der Waals surface area contributed by atoms with Gasteiger partial charge in [0, 0.05) is 26.2 Å². The molecule has 1 heteroatoms. The number of rotatable bonds is 1. The average Bonchev–Trinajstić information content (AvgIpc) is 2.71. The third kappa shape index (κ3) is 2.52. The molecule has 0 fully saturated rings. The van der Waals surface area contributed by atoms with Crippen molar-refractivity contribution in [2.45, 2.75) is 13.8 Å². The molecular formula is C17H15Zr-. The van der Waals surface area contributed by atoms with Crippen LogP contribution < -0.4 is 0 Å². The van der Waals surface area contributed by atoms with Crippen LogP contribution in [0.4, 0.5) is 0 Å². The summed E-state index contributed by atoms with van der Waals surface area (Å²) in [6.45, 7) is 4.30. The summed E-state index contributed by atoms with van der Waals surface area (Å²) >= 11 is 0. The minimum Gasteiger partial charge on any atom is -0.145 e. The molecule has 0 radical (unpaired) electrons. The Labute approximate surface area is 127 Å². The molecule has 3 aromatic rings. The first-order valence-corrected chi connectivity index (χ1v) is 5.96. The Balaban J connectivity index is 0.00000120. The summed E-state index contributed by atoms with van der Waals surface area (Å²) in [5.74, 6) is 0. The summed E-state index contributed by atoms with van der Waals surface area (Å²) in [5, 5.41) is 2.64. The van der Waals surface area contributed by atoms with Crippen LogP contribution in [0.2, 0.25) is 0 Å². The van der Waals surface area contributed by atoms with Gasteiger partial charge in [-0.05, 0) is 13.8 Å². The van der Waals surface area contributed by atoms with Crippen LogP contribution in [0.5, 0.6) is 0 Å². The fourth-order valence-electron chi connectivity index (χ4n) is 2.46. The maximum atomic E-state index is 2.27. The molecule has 0 heterocycles. The largest absolute Gasteiger partial charge is 0.145 e. The zero-order valence-corrected chi connectivity index (χ0v) is 13.2. The summed E-state index contributed by atoms with van der Waals surface area (Å²) in [5.41, 5.74) is 5.28. The Morgan fingerprint density at radius 2 is 1.50 bits per heavy atom. The Morgan fingerprint density at radius 3 is 2.17 bits per heavy atom. The van der Waals surface area contributed by atoms with Crippen molar-refractivity contribution >= 4 is 10.8 Å². The van der Waals surface area contributed by atoms with E-state index in [0.717, 1.165) is 0 Å². The van der Waals surface area contributed by atoms with E-state index in [1.54, 1.807) is 0 Å². The number of hydrogen-bond donors (Lipinski definition) is 0. The van der Waals surface area contributed by atoms with Crippen LogP contribution in [0.15, 0.2) is 54.6 Å². The van der Waals surface area contributed by atoms with Gasteiger partial charge in [-0.1, -0.05) is 53.1 Å². The van der Waals surface area contributed by atoms with E-state index in [0.29, 0.717) is 0 Å². The molecule has 0 saturated heterocycles. The zero-order chi connectivity index (χ0) is 11.8. The maximum Gasteiger partial charge on any atom is 0 e. The maximum absolute atomic E-state index is 2.27. The predicted molar refractivity (Wildman–Crippen MR) is 74.5 cm³/mol. The number of benzene rings is 2. The summed E-state index contributed by atoms with van der Waals surface area (Å²) in [7, 11) is 0. The molecule has 0 amide bonds. The predicted octanol–water partition coefficient (Wildman–Crippen LogP) is 4.84. The van der Waals surface area contributed by atoms with Gasteiger partial charge >= 0.3 is 0 Å². The van der Waals surface area contributed by atoms with Gasteiger partial charge < -0.3 is 0 Å². The van der Waals surface area contributed by atoms with Crippen molar-refractivity contribution < 1.29 is 26.2 Å². The molecule has 0 bridgehead atoms. The Bertz CT molecular complexity index is 624. The second-order valence-corrected chi connectivity index (χ2v) is 4.75. The third-order valence-corrected chi connectivity index (χ3v) is 3.17. The van der Waals surface area contributed by atoms with Gasteiger partial charge in [0.25, 0.3) is 0 Å². The van der Waals surface area contributed by atoms with Gasteiger partial charge in [0.05, 0.1) is 0 Å². The smallest absolute Gasteiger partial charge is 0 e. The number of fused-ring (bicyclic) bond motifs is 1. The van der Waals surface area contributed by atoms with E-state index in [4.69, 9.17) is 0 Å². The van der Waals surface area contributed by atoms with Crippen molar-refractivity contribution in [3.8, 4) is 11.1 Å². The molecule has 88 valence electrons. The standard InChI is InChI=1S/C17H15.Zr/c1-12-7-13(2)9-16(8-12)17-10-14-5-3-4-6-15(14)11-17;/h3-11H,1-2H3;/q-1;. The van der Waals surface area contributed by atoms with Crippen LogP contribution >= 0.6 is 0 Å². The normalized spacial score (nSPS) is 10.3. The topological polar surface area (TPSA) is 0 Å². The van der Waals surface area contributed by atoms with Crippen LogP contribution in [0.3, 0.4) is 0 Å². The van der Waals surface area contributed by atoms with E-state index in [1.165, 1.54) is 33.0 Å². The number of aryl methyl sites for hydroxylation is 2. The Kier molecular flexibility index (Phi) is 3.92. The first-order chi connectivity index (χ1) is 8.22. The first-order valence-electron chi connectivity index (χ1n) is 5.96. The van der Waals surface area contributed by atoms with Crippen LogP contribution in [0.25, 0.3) is 21.9 Å². The third-order valence-electron chi connectivity index (χ3n) is 3.17. The van der Waals surface area contributed by atoms with Gasteiger partial charge in [-0.3, -0.25) is 0 Å². The summed E-state index contributed by atoms with van der Waals surface area (Å²) in [4.78, 5) is 0. The fraction of sp³-hybridized carbons (Fsp3) is 0.118. The van der Waals surface area contributed by atoms with Crippen LogP contribution in [-0.4, -0.2) is 0 Å². The Morgan fingerprint density at radius 1 is 0.833 bits per heavy atom. The van der Waals surface area contributed by atoms with Gasteiger partial charge in [0.1, 0.15) is 0 Å². The van der Waals surface area contributed by atoms with Crippen molar-refractivity contribution in [2.75, 3.05) is 0 Å². The quantitative estimate of drug-likeness (QED) is 0.564. The van der Waals surface area contributed by atoms with E-state index >= 15 is 0 Å².